The van der Waals surface area contributed by atoms with Crippen molar-refractivity contribution in [1.29, 1.82) is 0 Å². The predicted octanol–water partition coefficient (Wildman–Crippen LogP) is 17.1. The summed E-state index contributed by atoms with van der Waals surface area (Å²) in [6.07, 6.45) is 15.5. The van der Waals surface area contributed by atoms with Crippen LogP contribution in [0.25, 0.3) is 0 Å². The van der Waals surface area contributed by atoms with Crippen molar-refractivity contribution in [2.24, 2.45) is 183 Å². The van der Waals surface area contributed by atoms with Crippen LogP contribution in [0, 0.1) is 183 Å². The maximum Gasteiger partial charge on any atom is 0.311 e. The van der Waals surface area contributed by atoms with E-state index >= 15 is 0 Å². The number of methoxy groups -OCH3 is 1. The molecule has 33 unspecified atom stereocenters. The molecule has 0 aromatic heterocycles. The summed E-state index contributed by atoms with van der Waals surface area (Å²) in [6, 6.07) is 0. The predicted molar refractivity (Wildman–Crippen MR) is 388 cm³/mol. The third-order valence-corrected chi connectivity index (χ3v) is 29.4. The number of rotatable bonds is 19. The summed E-state index contributed by atoms with van der Waals surface area (Å²) in [5, 5.41) is 0. The van der Waals surface area contributed by atoms with Crippen LogP contribution in [-0.2, 0) is 80.9 Å². The van der Waals surface area contributed by atoms with E-state index in [9.17, 15) is 28.8 Å². The van der Waals surface area contributed by atoms with Gasteiger partial charge in [-0.05, 0) is 286 Å². The highest BCUT2D eigenvalue weighted by molar-refractivity contribution is 5.76. The Kier molecular flexibility index (Phi) is 30.5. The maximum absolute atomic E-state index is 12.3. The molecule has 12 bridgehead atoms. The van der Waals surface area contributed by atoms with E-state index in [0.717, 1.165) is 135 Å². The Bertz CT molecular complexity index is 2640. The van der Waals surface area contributed by atoms with Gasteiger partial charge in [-0.3, -0.25) is 28.8 Å². The molecule has 101 heavy (non-hydrogen) atoms. The van der Waals surface area contributed by atoms with E-state index in [-0.39, 0.29) is 96.8 Å². The lowest BCUT2D eigenvalue weighted by Gasteiger charge is -2.32. The highest BCUT2D eigenvalue weighted by Crippen LogP contribution is 2.60. The van der Waals surface area contributed by atoms with Crippen LogP contribution in [-0.4, -0.2) is 107 Å². The van der Waals surface area contributed by atoms with Gasteiger partial charge in [-0.25, -0.2) is 0 Å². The van der Waals surface area contributed by atoms with Crippen LogP contribution in [0.5, 0.6) is 0 Å². The molecule has 0 amide bonds. The van der Waals surface area contributed by atoms with E-state index in [4.69, 9.17) is 52.1 Å². The molecule has 12 saturated carbocycles. The van der Waals surface area contributed by atoms with Crippen molar-refractivity contribution in [3.05, 3.63) is 0 Å². The lowest BCUT2D eigenvalue weighted by molar-refractivity contribution is -0.193. The Labute approximate surface area is 610 Å². The summed E-state index contributed by atoms with van der Waals surface area (Å²) in [4.78, 5) is 72.2. The molecule has 1 heterocycles. The van der Waals surface area contributed by atoms with E-state index < -0.39 is 12.6 Å². The fourth-order valence-electron chi connectivity index (χ4n) is 22.3. The molecule has 12 aliphatic carbocycles. The topological polar surface area (TPSA) is 204 Å². The van der Waals surface area contributed by atoms with Crippen LogP contribution >= 0.6 is 0 Å². The quantitative estimate of drug-likeness (QED) is 0.0510. The van der Waals surface area contributed by atoms with Crippen LogP contribution in [0.2, 0.25) is 0 Å². The summed E-state index contributed by atoms with van der Waals surface area (Å²) in [5.41, 5.74) is -0.340. The first-order valence-electron chi connectivity index (χ1n) is 40.8. The van der Waals surface area contributed by atoms with Crippen molar-refractivity contribution in [3.8, 4) is 0 Å². The Morgan fingerprint density at radius 1 is 0.396 bits per heavy atom. The zero-order valence-corrected chi connectivity index (χ0v) is 66.9. The van der Waals surface area contributed by atoms with Crippen molar-refractivity contribution < 1.29 is 80.9 Å². The first-order chi connectivity index (χ1) is 47.7. The fourth-order valence-corrected chi connectivity index (χ4v) is 22.3. The minimum Gasteiger partial charge on any atom is -0.460 e. The molecule has 0 aromatic rings. The maximum atomic E-state index is 12.3. The molecule has 17 nitrogen and oxygen atoms in total. The number of fused-ring (bicyclic) bond motifs is 12. The van der Waals surface area contributed by atoms with Crippen molar-refractivity contribution in [1.82, 2.24) is 0 Å². The summed E-state index contributed by atoms with van der Waals surface area (Å²) in [7, 11) is 1.54. The van der Waals surface area contributed by atoms with E-state index in [2.05, 4.69) is 96.9 Å². The highest BCUT2D eigenvalue weighted by Gasteiger charge is 2.57. The SMILES string of the molecule is CC(C)COC(C)OC(=O)C1CC2CC1C(C)C2C.CC1C2CC(C(=O)OC(C)(C)C)C(C2)C1C.CC1C2CC(C(=O)OC3CCCCO3)C(C2)C1C.CCOC(C)OC(=O)C1CC2CC1C(C)C2C.CCOCOC(=O)C1CC2CC1C(C)C2C.COCOC(=O)C1CC2CC1C(C)C2C. The third kappa shape index (κ3) is 20.3. The molecule has 0 spiro atoms. The second-order valence-electron chi connectivity index (χ2n) is 36.2. The van der Waals surface area contributed by atoms with E-state index in [1.807, 2.05) is 41.5 Å². The van der Waals surface area contributed by atoms with Crippen LogP contribution in [0.4, 0.5) is 0 Å². The minimum absolute atomic E-state index is 0.00755. The van der Waals surface area contributed by atoms with E-state index in [1.54, 1.807) is 14.0 Å². The lowest BCUT2D eigenvalue weighted by Crippen LogP contribution is -2.35. The summed E-state index contributed by atoms with van der Waals surface area (Å²) in [6.45, 7) is 47.9. The lowest BCUT2D eigenvalue weighted by atomic mass is 9.76. The number of carbonyl (C=O) groups excluding carboxylic acids is 6. The molecule has 13 fully saturated rings. The summed E-state index contributed by atoms with van der Waals surface area (Å²) < 4.78 is 58.1. The van der Waals surface area contributed by atoms with Crippen molar-refractivity contribution in [2.45, 2.75) is 266 Å². The summed E-state index contributed by atoms with van der Waals surface area (Å²) in [5.74, 6) is 17.6. The van der Waals surface area contributed by atoms with Crippen LogP contribution < -0.4 is 0 Å². The van der Waals surface area contributed by atoms with Gasteiger partial charge in [0.15, 0.2) is 26.2 Å². The molecule has 13 rings (SSSR count). The number of hydrogen-bond donors (Lipinski definition) is 0. The number of carbonyl (C=O) groups is 6. The molecule has 0 aromatic carbocycles. The van der Waals surface area contributed by atoms with E-state index in [0.29, 0.717) is 96.8 Å². The van der Waals surface area contributed by atoms with Gasteiger partial charge >= 0.3 is 35.8 Å². The average Bonchev–Trinajstić information content (AvgIpc) is 1.65. The van der Waals surface area contributed by atoms with Gasteiger partial charge in [-0.1, -0.05) is 96.9 Å². The second-order valence-corrected chi connectivity index (χ2v) is 36.2. The number of hydrogen-bond acceptors (Lipinski definition) is 17. The van der Waals surface area contributed by atoms with E-state index in [1.165, 1.54) is 38.5 Å². The second kappa shape index (κ2) is 37.0. The molecule has 0 N–H and O–H groups in total. The number of ether oxygens (including phenoxy) is 11. The fraction of sp³-hybridized carbons (Fsp3) is 0.929. The van der Waals surface area contributed by atoms with Gasteiger partial charge in [0.1, 0.15) is 5.60 Å². The first kappa shape index (κ1) is 83.3. The zero-order chi connectivity index (χ0) is 74.2. The average molecular weight is 1420 g/mol. The molecule has 0 radical (unpaired) electrons. The number of esters is 6. The van der Waals surface area contributed by atoms with Crippen LogP contribution in [0.3, 0.4) is 0 Å². The smallest absolute Gasteiger partial charge is 0.311 e. The van der Waals surface area contributed by atoms with Gasteiger partial charge in [0.25, 0.3) is 0 Å². The Morgan fingerprint density at radius 2 is 0.723 bits per heavy atom. The van der Waals surface area contributed by atoms with Crippen LogP contribution in [0.15, 0.2) is 0 Å². The standard InChI is InChI=1S/C16H28O3.C15H24O3.C14H24O3.C14H24O2.C13H22O3.C12H20O3/c1-9(2)8-18-12(5)19-16(17)15-7-13-6-14(15)11(4)10(13)3;1-9-10(2)12-7-11(9)8-13(12)15(16)18-14-5-3-4-6-17-14;1-5-16-10(4)17-14(15)13-7-11-6-12(13)9(3)8(11)2;1-8-9(2)11-6-10(8)7-12(11)13(15)16-14(3,4)5;1-4-15-7-16-13(14)12-6-10-5-11(12)9(3)8(10)2;1-7-8(2)10-4-9(7)5-11(10)12(13)15-6-14-3/h9-15H,6-8H2,1-5H3;9-14H,3-8H2,1-2H3;8-13H,5-7H2,1-4H3;8-12H,6-7H2,1-5H3;8-12H,4-7H2,1-3H3;7-11H,4-6H2,1-3H3. The molecular formula is C84H142O17. The van der Waals surface area contributed by atoms with Gasteiger partial charge in [-0.2, -0.15) is 0 Å². The van der Waals surface area contributed by atoms with Crippen molar-refractivity contribution in [2.75, 3.05) is 47.1 Å². The van der Waals surface area contributed by atoms with Gasteiger partial charge in [-0.15, -0.1) is 0 Å². The van der Waals surface area contributed by atoms with Crippen molar-refractivity contribution >= 4 is 35.8 Å². The molecule has 13 aliphatic rings. The third-order valence-electron chi connectivity index (χ3n) is 29.4. The van der Waals surface area contributed by atoms with Crippen molar-refractivity contribution in [3.63, 3.8) is 0 Å². The molecule has 580 valence electrons. The molecule has 33 atom stereocenters. The Balaban J connectivity index is 0.000000154. The Morgan fingerprint density at radius 3 is 1.01 bits per heavy atom. The minimum atomic E-state index is -0.415. The first-order valence-corrected chi connectivity index (χ1v) is 40.8. The largest absolute Gasteiger partial charge is 0.460 e. The Hall–Kier alpha value is -3.38. The van der Waals surface area contributed by atoms with Gasteiger partial charge in [0.2, 0.25) is 6.29 Å². The highest BCUT2D eigenvalue weighted by atomic mass is 16.7. The van der Waals surface area contributed by atoms with Gasteiger partial charge < -0.3 is 52.1 Å². The molecule has 17 heteroatoms. The van der Waals surface area contributed by atoms with Crippen LogP contribution in [0.1, 0.15) is 242 Å². The molecular weight excluding hydrogens is 1280 g/mol. The summed E-state index contributed by atoms with van der Waals surface area (Å²) >= 11 is 0. The van der Waals surface area contributed by atoms with Gasteiger partial charge in [0.05, 0.1) is 48.7 Å². The zero-order valence-electron chi connectivity index (χ0n) is 66.9. The molecule has 1 aliphatic heterocycles. The monoisotopic (exact) mass is 1420 g/mol. The normalized spacial score (nSPS) is 42.4. The molecule has 1 saturated heterocycles. The van der Waals surface area contributed by atoms with Gasteiger partial charge in [0, 0.05) is 26.7 Å².